The lowest BCUT2D eigenvalue weighted by Crippen LogP contribution is -2.20. The zero-order valence-corrected chi connectivity index (χ0v) is 6.86. The highest BCUT2D eigenvalue weighted by molar-refractivity contribution is 5.59. The SMILES string of the molecule is C[C@@H](CO)Nc1ncncc1N. The molecule has 0 saturated heterocycles. The second kappa shape index (κ2) is 3.87. The molecule has 0 aromatic carbocycles. The summed E-state index contributed by atoms with van der Waals surface area (Å²) < 4.78 is 0. The Kier molecular flexibility index (Phi) is 2.82. The Morgan fingerprint density at radius 3 is 3.08 bits per heavy atom. The maximum absolute atomic E-state index is 8.74. The minimum absolute atomic E-state index is 0.0451. The van der Waals surface area contributed by atoms with Crippen molar-refractivity contribution in [2.75, 3.05) is 17.7 Å². The fraction of sp³-hybridized carbons (Fsp3) is 0.429. The number of aromatic nitrogens is 2. The topological polar surface area (TPSA) is 84.1 Å². The zero-order valence-electron chi connectivity index (χ0n) is 6.86. The van der Waals surface area contributed by atoms with E-state index in [1.807, 2.05) is 6.92 Å². The number of nitrogens with zero attached hydrogens (tertiary/aromatic N) is 2. The van der Waals surface area contributed by atoms with Crippen LogP contribution in [0.25, 0.3) is 0 Å². The molecule has 66 valence electrons. The van der Waals surface area contributed by atoms with E-state index in [0.29, 0.717) is 11.5 Å². The van der Waals surface area contributed by atoms with Gasteiger partial charge in [-0.15, -0.1) is 0 Å². The third-order valence-electron chi connectivity index (χ3n) is 1.40. The van der Waals surface area contributed by atoms with E-state index in [0.717, 1.165) is 0 Å². The molecule has 12 heavy (non-hydrogen) atoms. The van der Waals surface area contributed by atoms with Gasteiger partial charge in [0.1, 0.15) is 6.33 Å². The standard InChI is InChI=1S/C7H12N4O/c1-5(3-12)11-7-6(8)2-9-4-10-7/h2,4-5,12H,3,8H2,1H3,(H,9,10,11)/t5-/m0/s1. The fourth-order valence-corrected chi connectivity index (χ4v) is 0.740. The number of hydrogen-bond acceptors (Lipinski definition) is 5. The molecule has 1 rings (SSSR count). The Hall–Kier alpha value is -1.36. The van der Waals surface area contributed by atoms with Crippen molar-refractivity contribution in [1.29, 1.82) is 0 Å². The second-order valence-corrected chi connectivity index (χ2v) is 2.55. The first kappa shape index (κ1) is 8.73. The van der Waals surface area contributed by atoms with Gasteiger partial charge in [0, 0.05) is 6.04 Å². The summed E-state index contributed by atoms with van der Waals surface area (Å²) in [6.45, 7) is 1.88. The minimum atomic E-state index is -0.0535. The molecule has 0 bridgehead atoms. The summed E-state index contributed by atoms with van der Waals surface area (Å²) in [4.78, 5) is 7.65. The molecule has 5 heteroatoms. The summed E-state index contributed by atoms with van der Waals surface area (Å²) >= 11 is 0. The van der Waals surface area contributed by atoms with Gasteiger partial charge in [0.2, 0.25) is 0 Å². The molecule has 5 nitrogen and oxygen atoms in total. The monoisotopic (exact) mass is 168 g/mol. The smallest absolute Gasteiger partial charge is 0.152 e. The Bertz CT molecular complexity index is 253. The van der Waals surface area contributed by atoms with E-state index in [1.165, 1.54) is 12.5 Å². The number of nitrogen functional groups attached to an aromatic ring is 1. The summed E-state index contributed by atoms with van der Waals surface area (Å²) in [5.74, 6) is 0.562. The highest BCUT2D eigenvalue weighted by Crippen LogP contribution is 2.11. The van der Waals surface area contributed by atoms with Crippen LogP contribution < -0.4 is 11.1 Å². The number of rotatable bonds is 3. The molecule has 0 unspecified atom stereocenters. The summed E-state index contributed by atoms with van der Waals surface area (Å²) in [7, 11) is 0. The number of nitrogens with two attached hydrogens (primary N) is 1. The van der Waals surface area contributed by atoms with Crippen LogP contribution in [-0.4, -0.2) is 27.7 Å². The fourth-order valence-electron chi connectivity index (χ4n) is 0.740. The van der Waals surface area contributed by atoms with Crippen molar-refractivity contribution in [2.24, 2.45) is 0 Å². The summed E-state index contributed by atoms with van der Waals surface area (Å²) in [5, 5.41) is 11.7. The molecule has 1 aromatic heterocycles. The molecule has 1 atom stereocenters. The van der Waals surface area contributed by atoms with Crippen molar-refractivity contribution in [2.45, 2.75) is 13.0 Å². The van der Waals surface area contributed by atoms with Gasteiger partial charge in [-0.3, -0.25) is 0 Å². The number of hydrogen-bond donors (Lipinski definition) is 3. The van der Waals surface area contributed by atoms with E-state index < -0.39 is 0 Å². The molecule has 0 aliphatic rings. The number of nitrogens with one attached hydrogen (secondary N) is 1. The highest BCUT2D eigenvalue weighted by Gasteiger charge is 2.03. The van der Waals surface area contributed by atoms with Crippen LogP contribution in [0.3, 0.4) is 0 Å². The Morgan fingerprint density at radius 2 is 2.50 bits per heavy atom. The molecular formula is C7H12N4O. The molecule has 0 aliphatic carbocycles. The second-order valence-electron chi connectivity index (χ2n) is 2.55. The van der Waals surface area contributed by atoms with E-state index in [2.05, 4.69) is 15.3 Å². The third-order valence-corrected chi connectivity index (χ3v) is 1.40. The van der Waals surface area contributed by atoms with Gasteiger partial charge in [-0.25, -0.2) is 9.97 Å². The van der Waals surface area contributed by atoms with Crippen LogP contribution in [-0.2, 0) is 0 Å². The molecule has 0 spiro atoms. The van der Waals surface area contributed by atoms with Crippen molar-refractivity contribution in [3.05, 3.63) is 12.5 Å². The van der Waals surface area contributed by atoms with Gasteiger partial charge < -0.3 is 16.2 Å². The Morgan fingerprint density at radius 1 is 1.75 bits per heavy atom. The van der Waals surface area contributed by atoms with Gasteiger partial charge in [-0.2, -0.15) is 0 Å². The van der Waals surface area contributed by atoms with Crippen LogP contribution in [0.2, 0.25) is 0 Å². The molecule has 0 saturated carbocycles. The Balaban J connectivity index is 2.69. The third kappa shape index (κ3) is 2.06. The maximum Gasteiger partial charge on any atom is 0.152 e. The molecule has 1 heterocycles. The maximum atomic E-state index is 8.74. The average molecular weight is 168 g/mol. The van der Waals surface area contributed by atoms with Gasteiger partial charge in [-0.1, -0.05) is 0 Å². The van der Waals surface area contributed by atoms with Crippen molar-refractivity contribution < 1.29 is 5.11 Å². The van der Waals surface area contributed by atoms with E-state index in [4.69, 9.17) is 10.8 Å². The molecule has 4 N–H and O–H groups in total. The average Bonchev–Trinajstić information content (AvgIpc) is 2.09. The van der Waals surface area contributed by atoms with Crippen molar-refractivity contribution in [3.63, 3.8) is 0 Å². The zero-order chi connectivity index (χ0) is 8.97. The van der Waals surface area contributed by atoms with Gasteiger partial charge in [0.25, 0.3) is 0 Å². The predicted molar refractivity (Wildman–Crippen MR) is 46.6 cm³/mol. The molecule has 0 fully saturated rings. The van der Waals surface area contributed by atoms with Gasteiger partial charge in [0.15, 0.2) is 5.82 Å². The van der Waals surface area contributed by atoms with Gasteiger partial charge in [-0.05, 0) is 6.92 Å². The van der Waals surface area contributed by atoms with Crippen molar-refractivity contribution in [3.8, 4) is 0 Å². The van der Waals surface area contributed by atoms with E-state index in [9.17, 15) is 0 Å². The van der Waals surface area contributed by atoms with Gasteiger partial charge >= 0.3 is 0 Å². The first-order valence-electron chi connectivity index (χ1n) is 3.67. The lowest BCUT2D eigenvalue weighted by molar-refractivity contribution is 0.281. The first-order chi connectivity index (χ1) is 5.74. The lowest BCUT2D eigenvalue weighted by Gasteiger charge is -2.11. The number of aliphatic hydroxyl groups is 1. The van der Waals surface area contributed by atoms with E-state index in [1.54, 1.807) is 0 Å². The van der Waals surface area contributed by atoms with E-state index >= 15 is 0 Å². The van der Waals surface area contributed by atoms with E-state index in [-0.39, 0.29) is 12.6 Å². The predicted octanol–water partition coefficient (Wildman–Crippen LogP) is -0.149. The van der Waals surface area contributed by atoms with Crippen LogP contribution in [0.4, 0.5) is 11.5 Å². The van der Waals surface area contributed by atoms with Crippen LogP contribution in [0.5, 0.6) is 0 Å². The number of aliphatic hydroxyl groups excluding tert-OH is 1. The van der Waals surface area contributed by atoms with Crippen LogP contribution in [0.15, 0.2) is 12.5 Å². The first-order valence-corrected chi connectivity index (χ1v) is 3.67. The molecule has 0 radical (unpaired) electrons. The quantitative estimate of drug-likeness (QED) is 0.584. The van der Waals surface area contributed by atoms with Crippen LogP contribution >= 0.6 is 0 Å². The molecule has 0 aliphatic heterocycles. The molecule has 1 aromatic rings. The summed E-state index contributed by atoms with van der Waals surface area (Å²) in [6.07, 6.45) is 2.92. The van der Waals surface area contributed by atoms with Crippen LogP contribution in [0.1, 0.15) is 6.92 Å². The molecule has 0 amide bonds. The molecular weight excluding hydrogens is 156 g/mol. The van der Waals surface area contributed by atoms with Gasteiger partial charge in [0.05, 0.1) is 18.5 Å². The van der Waals surface area contributed by atoms with Crippen LogP contribution in [0, 0.1) is 0 Å². The number of anilines is 2. The van der Waals surface area contributed by atoms with Crippen molar-refractivity contribution >= 4 is 11.5 Å². The highest BCUT2D eigenvalue weighted by atomic mass is 16.3. The normalized spacial score (nSPS) is 12.5. The summed E-state index contributed by atoms with van der Waals surface area (Å²) in [6, 6.07) is -0.0535. The lowest BCUT2D eigenvalue weighted by atomic mass is 10.3. The van der Waals surface area contributed by atoms with Crippen molar-refractivity contribution in [1.82, 2.24) is 9.97 Å². The minimum Gasteiger partial charge on any atom is -0.394 e. The Labute approximate surface area is 70.6 Å². The summed E-state index contributed by atoms with van der Waals surface area (Å²) in [5.41, 5.74) is 6.04. The largest absolute Gasteiger partial charge is 0.394 e.